The fourth-order valence-corrected chi connectivity index (χ4v) is 2.20. The first-order valence-corrected chi connectivity index (χ1v) is 9.86. The van der Waals surface area contributed by atoms with E-state index in [2.05, 4.69) is 4.52 Å². The van der Waals surface area contributed by atoms with Crippen molar-refractivity contribution >= 4 is 49.3 Å². The zero-order valence-electron chi connectivity index (χ0n) is 15.4. The Hall–Kier alpha value is 0.0500. The SMILES string of the molecule is CCCCCC(=O)OC[C@H](COP(=O)(O)O)OC(=O)CCCCC.[Na]. The van der Waals surface area contributed by atoms with E-state index < -0.39 is 32.5 Å². The van der Waals surface area contributed by atoms with Crippen molar-refractivity contribution in [3.63, 3.8) is 0 Å². The van der Waals surface area contributed by atoms with Gasteiger partial charge in [0, 0.05) is 42.4 Å². The van der Waals surface area contributed by atoms with Crippen LogP contribution in [0.15, 0.2) is 0 Å². The Bertz CT molecular complexity index is 412. The summed E-state index contributed by atoms with van der Waals surface area (Å²) in [5, 5.41) is 0. The first-order chi connectivity index (χ1) is 11.3. The quantitative estimate of drug-likeness (QED) is 0.200. The average molecular weight is 391 g/mol. The van der Waals surface area contributed by atoms with Gasteiger partial charge in [0.1, 0.15) is 6.61 Å². The third-order valence-corrected chi connectivity index (χ3v) is 3.61. The molecule has 1 atom stereocenters. The Morgan fingerprint density at radius 2 is 1.44 bits per heavy atom. The summed E-state index contributed by atoms with van der Waals surface area (Å²) in [6, 6.07) is 0. The third-order valence-electron chi connectivity index (χ3n) is 3.13. The summed E-state index contributed by atoms with van der Waals surface area (Å²) in [5.41, 5.74) is 0. The number of hydrogen-bond donors (Lipinski definition) is 2. The van der Waals surface area contributed by atoms with Gasteiger partial charge in [0.15, 0.2) is 6.10 Å². The van der Waals surface area contributed by atoms with Gasteiger partial charge in [-0.15, -0.1) is 0 Å². The van der Waals surface area contributed by atoms with E-state index in [1.54, 1.807) is 0 Å². The first-order valence-electron chi connectivity index (χ1n) is 8.33. The minimum Gasteiger partial charge on any atom is -0.462 e. The molecule has 8 nitrogen and oxygen atoms in total. The molecular formula is C15H29NaO8P. The molecule has 0 spiro atoms. The van der Waals surface area contributed by atoms with E-state index in [-0.39, 0.29) is 49.0 Å². The summed E-state index contributed by atoms with van der Waals surface area (Å²) in [4.78, 5) is 40.7. The van der Waals surface area contributed by atoms with Crippen LogP contribution in [0, 0.1) is 0 Å². The Labute approximate surface area is 171 Å². The van der Waals surface area contributed by atoms with Crippen LogP contribution in [0.3, 0.4) is 0 Å². The number of unbranched alkanes of at least 4 members (excludes halogenated alkanes) is 4. The van der Waals surface area contributed by atoms with E-state index in [0.29, 0.717) is 12.8 Å². The van der Waals surface area contributed by atoms with Gasteiger partial charge in [0.25, 0.3) is 0 Å². The number of phosphoric acid groups is 1. The van der Waals surface area contributed by atoms with Crippen LogP contribution in [0.2, 0.25) is 0 Å². The van der Waals surface area contributed by atoms with Gasteiger partial charge in [-0.3, -0.25) is 14.1 Å². The number of ether oxygens (including phenoxy) is 2. The van der Waals surface area contributed by atoms with Crippen molar-refractivity contribution in [2.75, 3.05) is 13.2 Å². The van der Waals surface area contributed by atoms with Gasteiger partial charge in [-0.25, -0.2) is 4.57 Å². The van der Waals surface area contributed by atoms with Gasteiger partial charge in [0.2, 0.25) is 0 Å². The molecule has 10 heteroatoms. The molecular weight excluding hydrogens is 362 g/mol. The van der Waals surface area contributed by atoms with Crippen LogP contribution in [0.5, 0.6) is 0 Å². The maximum Gasteiger partial charge on any atom is 0.469 e. The molecule has 0 rings (SSSR count). The molecule has 0 unspecified atom stereocenters. The largest absolute Gasteiger partial charge is 0.469 e. The molecule has 0 aliphatic heterocycles. The molecule has 0 aromatic heterocycles. The molecule has 143 valence electrons. The second-order valence-electron chi connectivity index (χ2n) is 5.50. The van der Waals surface area contributed by atoms with E-state index in [0.717, 1.165) is 25.7 Å². The molecule has 0 amide bonds. The monoisotopic (exact) mass is 391 g/mol. The van der Waals surface area contributed by atoms with E-state index in [9.17, 15) is 14.2 Å². The van der Waals surface area contributed by atoms with Crippen molar-refractivity contribution in [3.05, 3.63) is 0 Å². The maximum atomic E-state index is 11.7. The maximum absolute atomic E-state index is 11.7. The fraction of sp³-hybridized carbons (Fsp3) is 0.867. The van der Waals surface area contributed by atoms with Crippen molar-refractivity contribution in [3.8, 4) is 0 Å². The first kappa shape index (κ1) is 27.3. The Morgan fingerprint density at radius 1 is 0.920 bits per heavy atom. The number of esters is 2. The normalized spacial score (nSPS) is 12.2. The van der Waals surface area contributed by atoms with Crippen molar-refractivity contribution in [2.45, 2.75) is 71.3 Å². The van der Waals surface area contributed by atoms with Crippen LogP contribution in [-0.2, 0) is 28.2 Å². The Kier molecular flexibility index (Phi) is 17.7. The number of phosphoric ester groups is 1. The minimum atomic E-state index is -4.69. The molecule has 0 aromatic rings. The summed E-state index contributed by atoms with van der Waals surface area (Å²) in [7, 11) is -4.69. The third kappa shape index (κ3) is 18.6. The summed E-state index contributed by atoms with van der Waals surface area (Å²) in [5.74, 6) is -0.948. The molecule has 25 heavy (non-hydrogen) atoms. The van der Waals surface area contributed by atoms with Crippen LogP contribution < -0.4 is 0 Å². The predicted molar refractivity (Wildman–Crippen MR) is 92.9 cm³/mol. The average Bonchev–Trinajstić information content (AvgIpc) is 2.49. The fourth-order valence-electron chi connectivity index (χ4n) is 1.84. The van der Waals surface area contributed by atoms with Gasteiger partial charge in [0.05, 0.1) is 6.61 Å². The van der Waals surface area contributed by atoms with Crippen LogP contribution >= 0.6 is 7.82 Å². The minimum absolute atomic E-state index is 0. The number of rotatable bonds is 14. The van der Waals surface area contributed by atoms with Crippen LogP contribution in [0.4, 0.5) is 0 Å². The van der Waals surface area contributed by atoms with Gasteiger partial charge in [-0.2, -0.15) is 0 Å². The summed E-state index contributed by atoms with van der Waals surface area (Å²) >= 11 is 0. The second kappa shape index (κ2) is 16.2. The number of carbonyl (C=O) groups excluding carboxylic acids is 2. The molecule has 0 aromatic carbocycles. The molecule has 0 fully saturated rings. The number of hydrogen-bond acceptors (Lipinski definition) is 6. The zero-order valence-corrected chi connectivity index (χ0v) is 18.3. The Morgan fingerprint density at radius 3 is 1.92 bits per heavy atom. The van der Waals surface area contributed by atoms with Crippen molar-refractivity contribution in [2.24, 2.45) is 0 Å². The predicted octanol–water partition coefficient (Wildman–Crippen LogP) is 2.33. The summed E-state index contributed by atoms with van der Waals surface area (Å²) in [6.45, 7) is 3.19. The van der Waals surface area contributed by atoms with Crippen molar-refractivity contribution < 1.29 is 37.9 Å². The van der Waals surface area contributed by atoms with E-state index in [1.165, 1.54) is 0 Å². The summed E-state index contributed by atoms with van der Waals surface area (Å²) in [6.07, 6.45) is 4.50. The topological polar surface area (TPSA) is 119 Å². The van der Waals surface area contributed by atoms with E-state index in [1.807, 2.05) is 13.8 Å². The standard InChI is InChI=1S/C15H29O8P.Na/c1-3-5-7-9-14(16)21-11-13(12-22-24(18,19)20)23-15(17)10-8-6-4-2;/h13H,3-12H2,1-2H3,(H2,18,19,20);/t13-;/m1./s1. The smallest absolute Gasteiger partial charge is 0.462 e. The zero-order chi connectivity index (χ0) is 18.4. The molecule has 1 radical (unpaired) electrons. The Balaban J connectivity index is 0. The molecule has 0 bridgehead atoms. The van der Waals surface area contributed by atoms with E-state index >= 15 is 0 Å². The molecule has 0 aliphatic carbocycles. The van der Waals surface area contributed by atoms with Crippen LogP contribution in [0.25, 0.3) is 0 Å². The van der Waals surface area contributed by atoms with Crippen molar-refractivity contribution in [1.29, 1.82) is 0 Å². The van der Waals surface area contributed by atoms with Gasteiger partial charge < -0.3 is 19.3 Å². The molecule has 0 saturated carbocycles. The second-order valence-corrected chi connectivity index (χ2v) is 6.73. The van der Waals surface area contributed by atoms with E-state index in [4.69, 9.17) is 19.3 Å². The molecule has 0 aliphatic rings. The number of carbonyl (C=O) groups is 2. The van der Waals surface area contributed by atoms with Gasteiger partial charge in [-0.05, 0) is 12.8 Å². The van der Waals surface area contributed by atoms with Crippen molar-refractivity contribution in [1.82, 2.24) is 0 Å². The molecule has 0 saturated heterocycles. The van der Waals surface area contributed by atoms with Gasteiger partial charge in [-0.1, -0.05) is 39.5 Å². The summed E-state index contributed by atoms with van der Waals surface area (Å²) < 4.78 is 25.2. The molecule has 2 N–H and O–H groups in total. The molecule has 0 heterocycles. The van der Waals surface area contributed by atoms with Gasteiger partial charge >= 0.3 is 19.8 Å². The van der Waals surface area contributed by atoms with Crippen LogP contribution in [0.1, 0.15) is 65.2 Å². The van der Waals surface area contributed by atoms with Crippen LogP contribution in [-0.4, -0.2) is 70.6 Å².